The summed E-state index contributed by atoms with van der Waals surface area (Å²) in [5, 5.41) is 8.85. The Balaban J connectivity index is 4.29. The molecule has 0 atom stereocenters. The monoisotopic (exact) mass is 256 g/mol. The summed E-state index contributed by atoms with van der Waals surface area (Å²) in [6.45, 7) is 8.83. The average molecular weight is 256 g/mol. The third kappa shape index (κ3) is 5.83. The van der Waals surface area contributed by atoms with E-state index in [1.54, 1.807) is 0 Å². The summed E-state index contributed by atoms with van der Waals surface area (Å²) in [5.41, 5.74) is 0.330. The molecule has 0 aromatic rings. The van der Waals surface area contributed by atoms with Gasteiger partial charge in [0.1, 0.15) is 19.1 Å². The van der Waals surface area contributed by atoms with Crippen LogP contribution in [0, 0.1) is 5.92 Å². The maximum Gasteiger partial charge on any atom is 0.333 e. The number of ether oxygens (including phenoxy) is 2. The maximum atomic E-state index is 11.1. The van der Waals surface area contributed by atoms with Crippen LogP contribution in [0.3, 0.4) is 0 Å². The Morgan fingerprint density at radius 1 is 1.00 bits per heavy atom. The van der Waals surface area contributed by atoms with Crippen LogP contribution >= 0.6 is 0 Å². The molecular formula is C12H16O6. The van der Waals surface area contributed by atoms with Gasteiger partial charge in [0.2, 0.25) is 0 Å². The molecule has 0 aromatic heterocycles. The molecule has 18 heavy (non-hydrogen) atoms. The molecule has 0 aliphatic rings. The first kappa shape index (κ1) is 15.9. The Labute approximate surface area is 105 Å². The molecule has 0 bridgehead atoms. The molecule has 0 aliphatic heterocycles. The minimum atomic E-state index is -1.22. The van der Waals surface area contributed by atoms with Crippen LogP contribution in [0.4, 0.5) is 0 Å². The fourth-order valence-corrected chi connectivity index (χ4v) is 0.790. The van der Waals surface area contributed by atoms with Crippen molar-refractivity contribution in [1.29, 1.82) is 0 Å². The molecule has 0 unspecified atom stereocenters. The Morgan fingerprint density at radius 2 is 1.33 bits per heavy atom. The molecule has 0 saturated carbocycles. The van der Waals surface area contributed by atoms with Crippen LogP contribution in [-0.4, -0.2) is 36.2 Å². The van der Waals surface area contributed by atoms with Gasteiger partial charge in [-0.15, -0.1) is 0 Å². The highest BCUT2D eigenvalue weighted by atomic mass is 16.5. The van der Waals surface area contributed by atoms with Gasteiger partial charge in [-0.1, -0.05) is 13.2 Å². The number of carbonyl (C=O) groups is 3. The van der Waals surface area contributed by atoms with E-state index in [9.17, 15) is 14.4 Å². The number of hydrogen-bond donors (Lipinski definition) is 1. The fourth-order valence-electron chi connectivity index (χ4n) is 0.790. The molecular weight excluding hydrogens is 240 g/mol. The van der Waals surface area contributed by atoms with Gasteiger partial charge < -0.3 is 14.6 Å². The Hall–Kier alpha value is -2.11. The van der Waals surface area contributed by atoms with Crippen molar-refractivity contribution in [1.82, 2.24) is 0 Å². The van der Waals surface area contributed by atoms with Gasteiger partial charge in [0.05, 0.1) is 0 Å². The minimum Gasteiger partial charge on any atom is -0.481 e. The molecule has 6 nitrogen and oxygen atoms in total. The van der Waals surface area contributed by atoms with E-state index in [2.05, 4.69) is 22.6 Å². The normalized spacial score (nSPS) is 9.72. The first-order valence-electron chi connectivity index (χ1n) is 5.13. The zero-order valence-electron chi connectivity index (χ0n) is 10.4. The Morgan fingerprint density at radius 3 is 1.56 bits per heavy atom. The molecule has 1 N–H and O–H groups in total. The highest BCUT2D eigenvalue weighted by Gasteiger charge is 2.22. The van der Waals surface area contributed by atoms with E-state index in [4.69, 9.17) is 5.11 Å². The summed E-state index contributed by atoms with van der Waals surface area (Å²) in [5.74, 6) is -3.71. The summed E-state index contributed by atoms with van der Waals surface area (Å²) < 4.78 is 9.37. The number of rotatable bonds is 7. The lowest BCUT2D eigenvalue weighted by Crippen LogP contribution is -2.28. The molecule has 0 spiro atoms. The van der Waals surface area contributed by atoms with Crippen molar-refractivity contribution in [3.05, 3.63) is 24.3 Å². The second kappa shape index (κ2) is 7.26. The van der Waals surface area contributed by atoms with Crippen molar-refractivity contribution in [2.75, 3.05) is 13.2 Å². The van der Waals surface area contributed by atoms with Crippen LogP contribution in [-0.2, 0) is 23.9 Å². The number of aliphatic carboxylic acids is 1. The number of esters is 2. The Bertz CT molecular complexity index is 352. The van der Waals surface area contributed by atoms with Gasteiger partial charge >= 0.3 is 17.9 Å². The lowest BCUT2D eigenvalue weighted by atomic mass is 10.2. The van der Waals surface area contributed by atoms with E-state index < -0.39 is 23.8 Å². The van der Waals surface area contributed by atoms with E-state index in [1.165, 1.54) is 13.8 Å². The van der Waals surface area contributed by atoms with E-state index >= 15 is 0 Å². The smallest absolute Gasteiger partial charge is 0.333 e. The van der Waals surface area contributed by atoms with Crippen LogP contribution in [0.25, 0.3) is 0 Å². The van der Waals surface area contributed by atoms with Crippen LogP contribution in [0.15, 0.2) is 24.3 Å². The number of carboxylic acid groups (broad SMARTS) is 1. The fraction of sp³-hybridized carbons (Fsp3) is 0.417. The van der Waals surface area contributed by atoms with Gasteiger partial charge in [0, 0.05) is 11.1 Å². The zero-order valence-corrected chi connectivity index (χ0v) is 10.4. The second-order valence-corrected chi connectivity index (χ2v) is 3.79. The van der Waals surface area contributed by atoms with Crippen LogP contribution in [0.1, 0.15) is 13.8 Å². The molecule has 0 fully saturated rings. The van der Waals surface area contributed by atoms with Gasteiger partial charge in [0.15, 0.2) is 0 Å². The minimum absolute atomic E-state index is 0.165. The first-order chi connectivity index (χ1) is 8.25. The van der Waals surface area contributed by atoms with Gasteiger partial charge in [-0.2, -0.15) is 0 Å². The van der Waals surface area contributed by atoms with Crippen molar-refractivity contribution in [3.63, 3.8) is 0 Å². The molecule has 0 aliphatic carbocycles. The second-order valence-electron chi connectivity index (χ2n) is 3.79. The summed E-state index contributed by atoms with van der Waals surface area (Å²) in [6, 6.07) is 0. The summed E-state index contributed by atoms with van der Waals surface area (Å²) in [7, 11) is 0. The highest BCUT2D eigenvalue weighted by Crippen LogP contribution is 2.04. The lowest BCUT2D eigenvalue weighted by Gasteiger charge is -2.13. The average Bonchev–Trinajstić information content (AvgIpc) is 2.27. The molecule has 0 radical (unpaired) electrons. The lowest BCUT2D eigenvalue weighted by molar-refractivity contribution is -0.153. The topological polar surface area (TPSA) is 89.9 Å². The molecule has 0 saturated heterocycles. The molecule has 0 rings (SSSR count). The third-order valence-electron chi connectivity index (χ3n) is 1.88. The Kier molecular flexibility index (Phi) is 6.41. The van der Waals surface area contributed by atoms with Gasteiger partial charge in [-0.25, -0.2) is 9.59 Å². The predicted octanol–water partition coefficient (Wildman–Crippen LogP) is 0.926. The molecule has 0 heterocycles. The van der Waals surface area contributed by atoms with Gasteiger partial charge in [0.25, 0.3) is 0 Å². The number of carbonyl (C=O) groups excluding carboxylic acids is 2. The number of carboxylic acids is 1. The van der Waals surface area contributed by atoms with E-state index in [-0.39, 0.29) is 24.4 Å². The molecule has 100 valence electrons. The van der Waals surface area contributed by atoms with Crippen LogP contribution in [0.2, 0.25) is 0 Å². The van der Waals surface area contributed by atoms with Gasteiger partial charge in [-0.05, 0) is 13.8 Å². The maximum absolute atomic E-state index is 11.1. The predicted molar refractivity (Wildman–Crippen MR) is 62.7 cm³/mol. The summed E-state index contributed by atoms with van der Waals surface area (Å²) in [6.07, 6.45) is 0. The number of hydrogen-bond acceptors (Lipinski definition) is 5. The van der Waals surface area contributed by atoms with E-state index in [1.807, 2.05) is 0 Å². The van der Waals surface area contributed by atoms with Gasteiger partial charge in [-0.3, -0.25) is 4.79 Å². The first-order valence-corrected chi connectivity index (χ1v) is 5.13. The van der Waals surface area contributed by atoms with Crippen molar-refractivity contribution in [2.45, 2.75) is 13.8 Å². The van der Waals surface area contributed by atoms with Crippen molar-refractivity contribution < 1.29 is 29.0 Å². The molecule has 6 heteroatoms. The highest BCUT2D eigenvalue weighted by molar-refractivity contribution is 5.87. The largest absolute Gasteiger partial charge is 0.481 e. The van der Waals surface area contributed by atoms with Crippen molar-refractivity contribution >= 4 is 17.9 Å². The molecule has 0 aromatic carbocycles. The quantitative estimate of drug-likeness (QED) is 0.538. The summed E-state index contributed by atoms with van der Waals surface area (Å²) >= 11 is 0. The van der Waals surface area contributed by atoms with Crippen molar-refractivity contribution in [2.24, 2.45) is 5.92 Å². The standard InChI is InChI=1S/C12H16O6/c1-7(2)11(15)17-5-9(10(13)14)6-18-12(16)8(3)4/h9H,1,3,5-6H2,2,4H3,(H,13,14). The van der Waals surface area contributed by atoms with Crippen LogP contribution in [0.5, 0.6) is 0 Å². The van der Waals surface area contributed by atoms with Crippen LogP contribution < -0.4 is 0 Å². The van der Waals surface area contributed by atoms with Crippen molar-refractivity contribution in [3.8, 4) is 0 Å². The van der Waals surface area contributed by atoms with E-state index in [0.29, 0.717) is 0 Å². The zero-order chi connectivity index (χ0) is 14.3. The molecule has 0 amide bonds. The third-order valence-corrected chi connectivity index (χ3v) is 1.88. The van der Waals surface area contributed by atoms with E-state index in [0.717, 1.165) is 0 Å². The summed E-state index contributed by atoms with van der Waals surface area (Å²) in [4.78, 5) is 33.0. The SMILES string of the molecule is C=C(C)C(=O)OCC(COC(=O)C(=C)C)C(=O)O.